The van der Waals surface area contributed by atoms with Crippen molar-refractivity contribution in [2.24, 2.45) is 11.8 Å². The van der Waals surface area contributed by atoms with Crippen LogP contribution in [0.25, 0.3) is 0 Å². The summed E-state index contributed by atoms with van der Waals surface area (Å²) in [4.78, 5) is 27.3. The van der Waals surface area contributed by atoms with E-state index in [9.17, 15) is 9.59 Å². The molecule has 0 heterocycles. The summed E-state index contributed by atoms with van der Waals surface area (Å²) in [6.45, 7) is 4.70. The Labute approximate surface area is 231 Å². The molecule has 8 atom stereocenters. The minimum atomic E-state index is -0.362. The van der Waals surface area contributed by atoms with Crippen molar-refractivity contribution in [3.8, 4) is 0 Å². The monoisotopic (exact) mass is 550 g/mol. The molecule has 0 spiro atoms. The molecule has 0 aromatic heterocycles. The summed E-state index contributed by atoms with van der Waals surface area (Å²) in [6, 6.07) is 21.6. The average Bonchev–Trinajstić information content (AvgIpc) is 3.65. The molecular formula is C32H44N2O2P2. The van der Waals surface area contributed by atoms with Crippen molar-refractivity contribution in [2.75, 3.05) is 13.3 Å². The molecule has 6 heteroatoms. The second-order valence-electron chi connectivity index (χ2n) is 11.6. The van der Waals surface area contributed by atoms with Crippen LogP contribution in [-0.2, 0) is 9.59 Å². The minimum absolute atomic E-state index is 0.0540. The predicted molar refractivity (Wildman–Crippen MR) is 162 cm³/mol. The number of rotatable bonds is 8. The standard InChI is InChI=1S/C32H44N2O2P2/c1-37(23-13-5-3-6-14-23)29-21-11-17-25(29)31(35)33-27-19-9-10-20-28(27)34-32(36)26-18-12-22-30(26)38(2)24-15-7-4-8-16-24/h3-8,13-16,25-30H,9-12,17-22H2,1-2H3,(H,33,35)(H,34,36)/t25?,26?,27-,28-,29?,30?,37?,38?/m0/s1. The van der Waals surface area contributed by atoms with Crippen LogP contribution in [0.1, 0.15) is 64.2 Å². The lowest BCUT2D eigenvalue weighted by molar-refractivity contribution is -0.128. The highest BCUT2D eigenvalue weighted by Crippen LogP contribution is 2.49. The number of nitrogens with one attached hydrogen (secondary N) is 2. The van der Waals surface area contributed by atoms with E-state index < -0.39 is 0 Å². The Morgan fingerprint density at radius 2 is 0.974 bits per heavy atom. The first-order valence-corrected chi connectivity index (χ1v) is 18.4. The zero-order valence-electron chi connectivity index (χ0n) is 23.0. The summed E-state index contributed by atoms with van der Waals surface area (Å²) in [6.07, 6.45) is 10.7. The maximum absolute atomic E-state index is 13.6. The first kappa shape index (κ1) is 27.8. The zero-order valence-corrected chi connectivity index (χ0v) is 24.8. The molecule has 2 aromatic carbocycles. The second-order valence-corrected chi connectivity index (χ2v) is 16.4. The number of hydrogen-bond donors (Lipinski definition) is 2. The van der Waals surface area contributed by atoms with Gasteiger partial charge in [0, 0.05) is 23.9 Å². The van der Waals surface area contributed by atoms with Gasteiger partial charge in [-0.3, -0.25) is 9.59 Å². The lowest BCUT2D eigenvalue weighted by Gasteiger charge is -2.36. The van der Waals surface area contributed by atoms with Gasteiger partial charge in [0.15, 0.2) is 0 Å². The third kappa shape index (κ3) is 6.34. The molecule has 38 heavy (non-hydrogen) atoms. The van der Waals surface area contributed by atoms with E-state index in [1.807, 2.05) is 0 Å². The van der Waals surface area contributed by atoms with Crippen molar-refractivity contribution >= 4 is 38.3 Å². The Kier molecular flexibility index (Phi) is 9.55. The summed E-state index contributed by atoms with van der Waals surface area (Å²) < 4.78 is 0. The fraction of sp³-hybridized carbons (Fsp3) is 0.562. The van der Waals surface area contributed by atoms with Gasteiger partial charge in [0.1, 0.15) is 0 Å². The van der Waals surface area contributed by atoms with Gasteiger partial charge in [-0.15, -0.1) is 0 Å². The Bertz CT molecular complexity index is 980. The largest absolute Gasteiger partial charge is 0.351 e. The molecule has 0 aliphatic heterocycles. The Hall–Kier alpha value is -1.76. The maximum Gasteiger partial charge on any atom is 0.224 e. The first-order valence-electron chi connectivity index (χ1n) is 14.7. The SMILES string of the molecule is CP(c1ccccc1)C1CCCC1C(=O)N[C@H]1CCCC[C@@H]1NC(=O)C1CCCC1P(C)c1ccccc1. The van der Waals surface area contributed by atoms with Gasteiger partial charge in [-0.2, -0.15) is 0 Å². The fourth-order valence-electron chi connectivity index (χ4n) is 7.18. The molecule has 0 radical (unpaired) electrons. The van der Waals surface area contributed by atoms with Crippen LogP contribution in [0.2, 0.25) is 0 Å². The third-order valence-corrected chi connectivity index (χ3v) is 14.8. The number of amides is 2. The Balaban J connectivity index is 1.21. The predicted octanol–water partition coefficient (Wildman–Crippen LogP) is 5.74. The van der Waals surface area contributed by atoms with E-state index in [1.54, 1.807) is 0 Å². The van der Waals surface area contributed by atoms with Crippen molar-refractivity contribution in [2.45, 2.75) is 87.6 Å². The van der Waals surface area contributed by atoms with Gasteiger partial charge >= 0.3 is 0 Å². The highest BCUT2D eigenvalue weighted by atomic mass is 31.1. The summed E-state index contributed by atoms with van der Waals surface area (Å²) in [7, 11) is -0.725. The van der Waals surface area contributed by atoms with Gasteiger partial charge in [-0.25, -0.2) is 0 Å². The minimum Gasteiger partial charge on any atom is -0.351 e. The van der Waals surface area contributed by atoms with Gasteiger partial charge in [0.2, 0.25) is 11.8 Å². The number of hydrogen-bond acceptors (Lipinski definition) is 2. The maximum atomic E-state index is 13.6. The lowest BCUT2D eigenvalue weighted by atomic mass is 9.89. The van der Waals surface area contributed by atoms with Crippen molar-refractivity contribution in [1.82, 2.24) is 10.6 Å². The lowest BCUT2D eigenvalue weighted by Crippen LogP contribution is -2.55. The summed E-state index contributed by atoms with van der Waals surface area (Å²) in [5.41, 5.74) is 0.898. The molecule has 3 aliphatic carbocycles. The molecular weight excluding hydrogens is 506 g/mol. The number of carbonyl (C=O) groups is 2. The van der Waals surface area contributed by atoms with Crippen molar-refractivity contribution in [3.05, 3.63) is 60.7 Å². The molecule has 5 rings (SSSR count). The molecule has 3 fully saturated rings. The quantitative estimate of drug-likeness (QED) is 0.412. The van der Waals surface area contributed by atoms with Crippen LogP contribution in [0.4, 0.5) is 0 Å². The van der Waals surface area contributed by atoms with Crippen molar-refractivity contribution < 1.29 is 9.59 Å². The zero-order chi connectivity index (χ0) is 26.5. The molecule has 204 valence electrons. The van der Waals surface area contributed by atoms with Crippen molar-refractivity contribution in [3.63, 3.8) is 0 Å². The van der Waals surface area contributed by atoms with Crippen LogP contribution < -0.4 is 21.2 Å². The topological polar surface area (TPSA) is 58.2 Å². The molecule has 3 aliphatic rings. The van der Waals surface area contributed by atoms with E-state index >= 15 is 0 Å². The summed E-state index contributed by atoms with van der Waals surface area (Å²) in [5.74, 6) is 0.643. The molecule has 6 unspecified atom stereocenters. The molecule has 2 N–H and O–H groups in total. The van der Waals surface area contributed by atoms with E-state index in [2.05, 4.69) is 84.6 Å². The van der Waals surface area contributed by atoms with Gasteiger partial charge in [-0.1, -0.05) is 102 Å². The van der Waals surface area contributed by atoms with E-state index in [1.165, 1.54) is 10.6 Å². The molecule has 4 nitrogen and oxygen atoms in total. The van der Waals surface area contributed by atoms with E-state index in [0.717, 1.165) is 64.2 Å². The summed E-state index contributed by atoms with van der Waals surface area (Å²) in [5, 5.41) is 9.72. The molecule has 0 bridgehead atoms. The fourth-order valence-corrected chi connectivity index (χ4v) is 12.0. The third-order valence-electron chi connectivity index (χ3n) is 9.38. The van der Waals surface area contributed by atoms with Crippen LogP contribution in [0.5, 0.6) is 0 Å². The van der Waals surface area contributed by atoms with Crippen LogP contribution in [-0.4, -0.2) is 48.5 Å². The Morgan fingerprint density at radius 3 is 1.37 bits per heavy atom. The molecule has 0 saturated heterocycles. The highest BCUT2D eigenvalue weighted by Gasteiger charge is 2.41. The van der Waals surface area contributed by atoms with Crippen LogP contribution >= 0.6 is 15.8 Å². The van der Waals surface area contributed by atoms with Gasteiger partial charge in [-0.05, 0) is 73.8 Å². The average molecular weight is 551 g/mol. The smallest absolute Gasteiger partial charge is 0.224 e. The molecule has 2 amide bonds. The van der Waals surface area contributed by atoms with E-state index in [-0.39, 0.29) is 51.6 Å². The van der Waals surface area contributed by atoms with E-state index in [4.69, 9.17) is 0 Å². The normalized spacial score (nSPS) is 30.9. The number of benzene rings is 2. The van der Waals surface area contributed by atoms with Crippen molar-refractivity contribution in [1.29, 1.82) is 0 Å². The Morgan fingerprint density at radius 1 is 0.579 bits per heavy atom. The highest BCUT2D eigenvalue weighted by molar-refractivity contribution is 7.66. The van der Waals surface area contributed by atoms with Crippen LogP contribution in [0, 0.1) is 11.8 Å². The summed E-state index contributed by atoms with van der Waals surface area (Å²) >= 11 is 0. The first-order chi connectivity index (χ1) is 18.5. The molecule has 3 saturated carbocycles. The van der Waals surface area contributed by atoms with E-state index in [0.29, 0.717) is 11.3 Å². The number of carbonyl (C=O) groups excluding carboxylic acids is 2. The van der Waals surface area contributed by atoms with Crippen LogP contribution in [0.3, 0.4) is 0 Å². The van der Waals surface area contributed by atoms with Gasteiger partial charge in [0.25, 0.3) is 0 Å². The second kappa shape index (κ2) is 13.1. The molecule has 2 aromatic rings. The van der Waals surface area contributed by atoms with Gasteiger partial charge in [0.05, 0.1) is 0 Å². The van der Waals surface area contributed by atoms with Gasteiger partial charge < -0.3 is 10.6 Å². The van der Waals surface area contributed by atoms with Crippen LogP contribution in [0.15, 0.2) is 60.7 Å².